The second kappa shape index (κ2) is 6.36. The Bertz CT molecular complexity index is 250. The van der Waals surface area contributed by atoms with Crippen molar-refractivity contribution in [3.05, 3.63) is 0 Å². The van der Waals surface area contributed by atoms with E-state index < -0.39 is 13.3 Å². The standard InChI is InChI=1S/C9H18FO4PS/c1-3-13-15(11,14-4-2)8-16-7-9(10)5-12-6-9/h3-8H2,1-2H3. The number of thioether (sulfide) groups is 1. The van der Waals surface area contributed by atoms with Gasteiger partial charge in [-0.05, 0) is 13.8 Å². The van der Waals surface area contributed by atoms with Crippen LogP contribution in [0.4, 0.5) is 4.39 Å². The van der Waals surface area contributed by atoms with Crippen molar-refractivity contribution >= 4 is 19.4 Å². The Kier molecular flexibility index (Phi) is 5.74. The minimum absolute atomic E-state index is 0.133. The van der Waals surface area contributed by atoms with Crippen molar-refractivity contribution in [2.75, 3.05) is 37.7 Å². The van der Waals surface area contributed by atoms with Crippen LogP contribution in [0.2, 0.25) is 0 Å². The molecule has 0 atom stereocenters. The molecule has 1 fully saturated rings. The predicted octanol–water partition coefficient (Wildman–Crippen LogP) is 2.68. The molecule has 0 unspecified atom stereocenters. The summed E-state index contributed by atoms with van der Waals surface area (Å²) in [6, 6.07) is 0. The third kappa shape index (κ3) is 4.34. The van der Waals surface area contributed by atoms with E-state index in [1.54, 1.807) is 13.8 Å². The first-order chi connectivity index (χ1) is 7.54. The number of hydrogen-bond acceptors (Lipinski definition) is 5. The molecule has 0 saturated carbocycles. The van der Waals surface area contributed by atoms with Gasteiger partial charge < -0.3 is 13.8 Å². The molecule has 4 nitrogen and oxygen atoms in total. The highest BCUT2D eigenvalue weighted by Crippen LogP contribution is 2.51. The fourth-order valence-corrected chi connectivity index (χ4v) is 4.50. The van der Waals surface area contributed by atoms with E-state index in [0.29, 0.717) is 13.2 Å². The molecule has 1 aliphatic heterocycles. The van der Waals surface area contributed by atoms with Crippen molar-refractivity contribution in [2.24, 2.45) is 0 Å². The third-order valence-electron chi connectivity index (χ3n) is 1.98. The lowest BCUT2D eigenvalue weighted by atomic mass is 10.1. The molecule has 16 heavy (non-hydrogen) atoms. The van der Waals surface area contributed by atoms with Gasteiger partial charge in [0.15, 0.2) is 5.67 Å². The van der Waals surface area contributed by atoms with Crippen molar-refractivity contribution in [3.63, 3.8) is 0 Å². The maximum atomic E-state index is 13.5. The van der Waals surface area contributed by atoms with Crippen LogP contribution in [0.3, 0.4) is 0 Å². The summed E-state index contributed by atoms with van der Waals surface area (Å²) in [6.45, 7) is 4.45. The normalized spacial score (nSPS) is 19.4. The Balaban J connectivity index is 2.29. The monoisotopic (exact) mass is 272 g/mol. The van der Waals surface area contributed by atoms with Gasteiger partial charge in [0.25, 0.3) is 0 Å². The number of hydrogen-bond donors (Lipinski definition) is 0. The summed E-state index contributed by atoms with van der Waals surface area (Å²) in [7, 11) is -3.04. The van der Waals surface area contributed by atoms with Gasteiger partial charge >= 0.3 is 7.60 Å². The minimum atomic E-state index is -3.04. The first-order valence-electron chi connectivity index (χ1n) is 5.26. The van der Waals surface area contributed by atoms with E-state index in [2.05, 4.69) is 0 Å². The summed E-state index contributed by atoms with van der Waals surface area (Å²) in [5, 5.41) is 0. The van der Waals surface area contributed by atoms with Crippen LogP contribution in [-0.4, -0.2) is 43.3 Å². The SMILES string of the molecule is CCOP(=O)(CSCC1(F)COC1)OCC. The molecule has 0 amide bonds. The number of ether oxygens (including phenoxy) is 1. The molecule has 1 saturated heterocycles. The molecule has 0 spiro atoms. The Labute approximate surface area is 99.7 Å². The van der Waals surface area contributed by atoms with Gasteiger partial charge in [-0.2, -0.15) is 0 Å². The largest absolute Gasteiger partial charge is 0.375 e. The van der Waals surface area contributed by atoms with Crippen molar-refractivity contribution in [1.29, 1.82) is 0 Å². The van der Waals surface area contributed by atoms with Crippen LogP contribution in [0.15, 0.2) is 0 Å². The molecule has 0 aromatic carbocycles. The quantitative estimate of drug-likeness (QED) is 0.636. The van der Waals surface area contributed by atoms with E-state index in [1.807, 2.05) is 0 Å². The highest BCUT2D eigenvalue weighted by Gasteiger charge is 2.39. The summed E-state index contributed by atoms with van der Waals surface area (Å²) >= 11 is 1.25. The van der Waals surface area contributed by atoms with Gasteiger partial charge in [-0.25, -0.2) is 4.39 Å². The Morgan fingerprint density at radius 1 is 1.38 bits per heavy atom. The van der Waals surface area contributed by atoms with Crippen molar-refractivity contribution < 1.29 is 22.7 Å². The molecule has 0 aromatic rings. The van der Waals surface area contributed by atoms with Crippen LogP contribution >= 0.6 is 19.4 Å². The molecule has 0 aromatic heterocycles. The Morgan fingerprint density at radius 3 is 2.31 bits per heavy atom. The van der Waals surface area contributed by atoms with Gasteiger partial charge in [0, 0.05) is 5.75 Å². The molecule has 0 N–H and O–H groups in total. The van der Waals surface area contributed by atoms with E-state index in [-0.39, 0.29) is 24.5 Å². The maximum Gasteiger partial charge on any atom is 0.340 e. The van der Waals surface area contributed by atoms with E-state index >= 15 is 0 Å². The molecular weight excluding hydrogens is 254 g/mol. The second-order valence-corrected chi connectivity index (χ2v) is 7.04. The zero-order valence-corrected chi connectivity index (χ0v) is 11.3. The minimum Gasteiger partial charge on any atom is -0.375 e. The van der Waals surface area contributed by atoms with Crippen LogP contribution in [-0.2, 0) is 18.3 Å². The molecule has 0 radical (unpaired) electrons. The fraction of sp³-hybridized carbons (Fsp3) is 1.00. The smallest absolute Gasteiger partial charge is 0.340 e. The summed E-state index contributed by atoms with van der Waals surface area (Å²) in [5.41, 5.74) is -1.06. The zero-order chi connectivity index (χ0) is 12.1. The van der Waals surface area contributed by atoms with Crippen LogP contribution in [0.1, 0.15) is 13.8 Å². The second-order valence-electron chi connectivity index (χ2n) is 3.57. The number of rotatable bonds is 8. The van der Waals surface area contributed by atoms with Crippen molar-refractivity contribution in [2.45, 2.75) is 19.5 Å². The van der Waals surface area contributed by atoms with Gasteiger partial charge in [0.2, 0.25) is 0 Å². The summed E-state index contributed by atoms with van der Waals surface area (Å²) < 4.78 is 40.5. The molecular formula is C9H18FO4PS. The lowest BCUT2D eigenvalue weighted by molar-refractivity contribution is -0.114. The van der Waals surface area contributed by atoms with E-state index in [0.717, 1.165) is 0 Å². The van der Waals surface area contributed by atoms with E-state index in [9.17, 15) is 8.96 Å². The van der Waals surface area contributed by atoms with Gasteiger partial charge in [0.1, 0.15) is 0 Å². The maximum absolute atomic E-state index is 13.5. The first-order valence-corrected chi connectivity index (χ1v) is 8.14. The van der Waals surface area contributed by atoms with Crippen LogP contribution in [0, 0.1) is 0 Å². The average Bonchev–Trinajstić information content (AvgIpc) is 2.16. The Hall–Kier alpha value is 0.390. The lowest BCUT2D eigenvalue weighted by Gasteiger charge is -2.33. The van der Waals surface area contributed by atoms with Gasteiger partial charge in [-0.15, -0.1) is 11.8 Å². The summed E-state index contributed by atoms with van der Waals surface area (Å²) in [4.78, 5) is 0. The highest BCUT2D eigenvalue weighted by molar-refractivity contribution is 8.04. The van der Waals surface area contributed by atoms with E-state index in [4.69, 9.17) is 13.8 Å². The van der Waals surface area contributed by atoms with Crippen LogP contribution in [0.25, 0.3) is 0 Å². The fourth-order valence-electron chi connectivity index (χ4n) is 1.25. The van der Waals surface area contributed by atoms with Gasteiger partial charge in [-0.3, -0.25) is 4.57 Å². The van der Waals surface area contributed by atoms with Crippen molar-refractivity contribution in [3.8, 4) is 0 Å². The topological polar surface area (TPSA) is 44.8 Å². The van der Waals surface area contributed by atoms with Crippen molar-refractivity contribution in [1.82, 2.24) is 0 Å². The number of alkyl halides is 1. The van der Waals surface area contributed by atoms with Gasteiger partial charge in [0.05, 0.1) is 31.9 Å². The summed E-state index contributed by atoms with van der Waals surface area (Å²) in [6.07, 6.45) is 0. The molecule has 1 heterocycles. The molecule has 1 aliphatic rings. The third-order valence-corrected chi connectivity index (χ3v) is 6.00. The zero-order valence-electron chi connectivity index (χ0n) is 9.61. The molecule has 96 valence electrons. The first kappa shape index (κ1) is 14.5. The van der Waals surface area contributed by atoms with Crippen LogP contribution in [0.5, 0.6) is 0 Å². The number of halogens is 1. The summed E-state index contributed by atoms with van der Waals surface area (Å²) in [5.74, 6) is 0.275. The Morgan fingerprint density at radius 2 is 1.94 bits per heavy atom. The molecule has 7 heteroatoms. The molecule has 0 aliphatic carbocycles. The van der Waals surface area contributed by atoms with Gasteiger partial charge in [-0.1, -0.05) is 0 Å². The average molecular weight is 272 g/mol. The molecule has 1 rings (SSSR count). The predicted molar refractivity (Wildman–Crippen MR) is 62.8 cm³/mol. The van der Waals surface area contributed by atoms with Crippen LogP contribution < -0.4 is 0 Å². The lowest BCUT2D eigenvalue weighted by Crippen LogP contribution is -2.47. The highest BCUT2D eigenvalue weighted by atomic mass is 32.2. The van der Waals surface area contributed by atoms with E-state index in [1.165, 1.54) is 11.8 Å². The molecule has 0 bridgehead atoms.